The lowest BCUT2D eigenvalue weighted by atomic mass is 10.2. The van der Waals surface area contributed by atoms with Crippen molar-refractivity contribution in [3.63, 3.8) is 0 Å². The van der Waals surface area contributed by atoms with Crippen molar-refractivity contribution in [2.24, 2.45) is 0 Å². The average molecular weight is 212 g/mol. The van der Waals surface area contributed by atoms with Crippen molar-refractivity contribution in [1.82, 2.24) is 0 Å². The summed E-state index contributed by atoms with van der Waals surface area (Å²) in [5.41, 5.74) is 1.15. The van der Waals surface area contributed by atoms with Gasteiger partial charge in [-0.3, -0.25) is 0 Å². The van der Waals surface area contributed by atoms with Crippen LogP contribution < -0.4 is 4.74 Å². The van der Waals surface area contributed by atoms with Gasteiger partial charge in [0.1, 0.15) is 5.75 Å². The molecule has 0 heterocycles. The van der Waals surface area contributed by atoms with Crippen LogP contribution in [-0.2, 0) is 14.9 Å². The molecule has 0 N–H and O–H groups in total. The van der Waals surface area contributed by atoms with Crippen molar-refractivity contribution in [3.8, 4) is 5.75 Å². The van der Waals surface area contributed by atoms with Gasteiger partial charge in [-0.15, -0.1) is 0 Å². The Bertz CT molecular complexity index is 274. The summed E-state index contributed by atoms with van der Waals surface area (Å²) in [5, 5.41) is 0. The largest absolute Gasteiger partial charge is 0.496 e. The third-order valence-electron chi connectivity index (χ3n) is 2.10. The number of methoxy groups -OCH3 is 1. The van der Waals surface area contributed by atoms with Crippen LogP contribution in [0.15, 0.2) is 24.3 Å². The van der Waals surface area contributed by atoms with Crippen LogP contribution in [0.3, 0.4) is 0 Å². The van der Waals surface area contributed by atoms with Crippen LogP contribution in [0.4, 0.5) is 0 Å². The number of benzene rings is 1. The zero-order chi connectivity index (χ0) is 10.4. The van der Waals surface area contributed by atoms with Crippen molar-refractivity contribution < 1.29 is 13.6 Å². The van der Waals surface area contributed by atoms with Gasteiger partial charge in [0, 0.05) is 20.3 Å². The van der Waals surface area contributed by atoms with Gasteiger partial charge in [0.05, 0.1) is 7.11 Å². The molecule has 0 bridgehead atoms. The van der Waals surface area contributed by atoms with E-state index in [1.807, 2.05) is 24.3 Å². The maximum absolute atomic E-state index is 5.26. The first-order chi connectivity index (χ1) is 6.81. The highest BCUT2D eigenvalue weighted by Crippen LogP contribution is 2.18. The van der Waals surface area contributed by atoms with Crippen molar-refractivity contribution in [1.29, 1.82) is 0 Å². The average Bonchev–Trinajstić information content (AvgIpc) is 2.26. The van der Waals surface area contributed by atoms with Gasteiger partial charge in [-0.25, -0.2) is 0 Å². The Morgan fingerprint density at radius 2 is 1.71 bits per heavy atom. The predicted octanol–water partition coefficient (Wildman–Crippen LogP) is 1.29. The second-order valence-electron chi connectivity index (χ2n) is 2.92. The van der Waals surface area contributed by atoms with Gasteiger partial charge >= 0.3 is 9.28 Å². The van der Waals surface area contributed by atoms with E-state index in [0.29, 0.717) is 0 Å². The first kappa shape index (κ1) is 11.2. The first-order valence-electron chi connectivity index (χ1n) is 4.49. The molecule has 78 valence electrons. The van der Waals surface area contributed by atoms with E-state index in [9.17, 15) is 0 Å². The van der Waals surface area contributed by atoms with Gasteiger partial charge in [-0.1, -0.05) is 18.2 Å². The zero-order valence-corrected chi connectivity index (χ0v) is 9.97. The molecule has 14 heavy (non-hydrogen) atoms. The summed E-state index contributed by atoms with van der Waals surface area (Å²) in [4.78, 5) is 0. The molecule has 0 fully saturated rings. The quantitative estimate of drug-likeness (QED) is 0.688. The lowest BCUT2D eigenvalue weighted by molar-refractivity contribution is 0.276. The minimum atomic E-state index is -1.54. The molecule has 1 aromatic carbocycles. The molecule has 0 saturated carbocycles. The van der Waals surface area contributed by atoms with Crippen LogP contribution in [0.2, 0.25) is 0 Å². The third kappa shape index (κ3) is 2.83. The van der Waals surface area contributed by atoms with Gasteiger partial charge in [-0.2, -0.15) is 0 Å². The molecule has 0 saturated heterocycles. The maximum atomic E-state index is 5.26. The van der Waals surface area contributed by atoms with Crippen molar-refractivity contribution in [2.45, 2.75) is 6.04 Å². The Balaban J connectivity index is 2.74. The fourth-order valence-electron chi connectivity index (χ4n) is 1.31. The Labute approximate surface area is 86.5 Å². The maximum Gasteiger partial charge on any atom is 0.325 e. The smallest absolute Gasteiger partial charge is 0.325 e. The molecule has 0 atom stereocenters. The Morgan fingerprint density at radius 3 is 2.29 bits per heavy atom. The fourth-order valence-corrected chi connectivity index (χ4v) is 2.54. The molecule has 0 aromatic heterocycles. The van der Waals surface area contributed by atoms with Crippen LogP contribution in [0.25, 0.3) is 0 Å². The highest BCUT2D eigenvalue weighted by molar-refractivity contribution is 6.43. The summed E-state index contributed by atoms with van der Waals surface area (Å²) in [7, 11) is 3.52. The molecule has 0 aliphatic carbocycles. The summed E-state index contributed by atoms with van der Waals surface area (Å²) in [6, 6.07) is 8.77. The van der Waals surface area contributed by atoms with Gasteiger partial charge in [0.25, 0.3) is 0 Å². The topological polar surface area (TPSA) is 27.7 Å². The predicted molar refractivity (Wildman–Crippen MR) is 57.9 cm³/mol. The second-order valence-corrected chi connectivity index (χ2v) is 5.13. The number of ether oxygens (including phenoxy) is 1. The minimum Gasteiger partial charge on any atom is -0.496 e. The lowest BCUT2D eigenvalue weighted by Gasteiger charge is -2.13. The van der Waals surface area contributed by atoms with Crippen LogP contribution >= 0.6 is 0 Å². The number of rotatable bonds is 5. The Kier molecular flexibility index (Phi) is 4.65. The minimum absolute atomic E-state index is 0.830. The van der Waals surface area contributed by atoms with Crippen molar-refractivity contribution in [2.75, 3.05) is 21.3 Å². The molecular formula is C10H16O3Si. The fraction of sp³-hybridized carbons (Fsp3) is 0.400. The lowest BCUT2D eigenvalue weighted by Crippen LogP contribution is -2.22. The van der Waals surface area contributed by atoms with Gasteiger partial charge in [-0.05, 0) is 11.6 Å². The standard InChI is InChI=1S/C10H16O3Si/c1-11-10-7-5-4-6-9(10)8-14(12-2)13-3/h4-7,14H,8H2,1-3H3. The van der Waals surface area contributed by atoms with E-state index in [1.54, 1.807) is 21.3 Å². The van der Waals surface area contributed by atoms with Gasteiger partial charge < -0.3 is 13.6 Å². The first-order valence-corrected chi connectivity index (χ1v) is 6.25. The van der Waals surface area contributed by atoms with E-state index < -0.39 is 9.28 Å². The summed E-state index contributed by atoms with van der Waals surface area (Å²) in [6.45, 7) is 0. The molecule has 1 aromatic rings. The van der Waals surface area contributed by atoms with Crippen LogP contribution in [0, 0.1) is 0 Å². The van der Waals surface area contributed by atoms with E-state index >= 15 is 0 Å². The van der Waals surface area contributed by atoms with Crippen molar-refractivity contribution in [3.05, 3.63) is 29.8 Å². The summed E-state index contributed by atoms with van der Waals surface area (Å²) >= 11 is 0. The van der Waals surface area contributed by atoms with E-state index in [2.05, 4.69) is 0 Å². The molecule has 0 amide bonds. The molecule has 0 aliphatic heterocycles. The normalized spacial score (nSPS) is 10.6. The zero-order valence-electron chi connectivity index (χ0n) is 8.82. The van der Waals surface area contributed by atoms with Gasteiger partial charge in [0.15, 0.2) is 0 Å². The molecule has 4 heteroatoms. The molecular weight excluding hydrogens is 196 g/mol. The molecule has 0 unspecified atom stereocenters. The second kappa shape index (κ2) is 5.80. The molecule has 0 aliphatic rings. The number of hydrogen-bond donors (Lipinski definition) is 0. The number of para-hydroxylation sites is 1. The van der Waals surface area contributed by atoms with Crippen LogP contribution in [0.1, 0.15) is 5.56 Å². The van der Waals surface area contributed by atoms with Crippen molar-refractivity contribution >= 4 is 9.28 Å². The highest BCUT2D eigenvalue weighted by atomic mass is 28.3. The van der Waals surface area contributed by atoms with E-state index in [0.717, 1.165) is 17.4 Å². The monoisotopic (exact) mass is 212 g/mol. The molecule has 3 nitrogen and oxygen atoms in total. The van der Waals surface area contributed by atoms with E-state index in [1.165, 1.54) is 0 Å². The molecule has 0 spiro atoms. The SMILES string of the molecule is COc1ccccc1C[SiH](OC)OC. The third-order valence-corrected chi connectivity index (χ3v) is 3.93. The Morgan fingerprint density at radius 1 is 1.07 bits per heavy atom. The molecule has 1 rings (SSSR count). The van der Waals surface area contributed by atoms with Crippen LogP contribution in [0.5, 0.6) is 5.75 Å². The summed E-state index contributed by atoms with van der Waals surface area (Å²) in [6.07, 6.45) is 0. The molecule has 0 radical (unpaired) electrons. The Hall–Kier alpha value is -0.843. The van der Waals surface area contributed by atoms with E-state index in [-0.39, 0.29) is 0 Å². The summed E-state index contributed by atoms with van der Waals surface area (Å²) in [5.74, 6) is 0.902. The van der Waals surface area contributed by atoms with Crippen LogP contribution in [-0.4, -0.2) is 30.6 Å². The highest BCUT2D eigenvalue weighted by Gasteiger charge is 2.13. The number of hydrogen-bond acceptors (Lipinski definition) is 3. The summed E-state index contributed by atoms with van der Waals surface area (Å²) < 4.78 is 15.8. The van der Waals surface area contributed by atoms with Gasteiger partial charge in [0.2, 0.25) is 0 Å². The van der Waals surface area contributed by atoms with E-state index in [4.69, 9.17) is 13.6 Å².